The molecule has 0 saturated carbocycles. The highest BCUT2D eigenvalue weighted by atomic mass is 32.2. The standard InChI is InChI=1S/C22H22N6O7S3/c1-2-35-26-15(12-10-38-22(23)24-12)18(31)25-16-19(32)28-17(21(33)34)11(9-37-20(16)28)8-36-13-5-3-4-6-27(13)7-14(29)30/h3-6,10,16,20H,2,7-9H2,1H3,(H4-,23,24,25,29,30,31,33,34)/b26-15-/t16-,20-/m1/s1. The van der Waals surface area contributed by atoms with E-state index in [9.17, 15) is 24.3 Å². The minimum absolute atomic E-state index is 0.155. The number of nitrogens with one attached hydrogen (secondary N) is 1. The van der Waals surface area contributed by atoms with Gasteiger partial charge in [0.25, 0.3) is 11.8 Å². The van der Waals surface area contributed by atoms with Crippen LogP contribution in [-0.4, -0.2) is 74.0 Å². The van der Waals surface area contributed by atoms with Crippen molar-refractivity contribution in [1.82, 2.24) is 15.2 Å². The highest BCUT2D eigenvalue weighted by Gasteiger charge is 2.53. The van der Waals surface area contributed by atoms with Crippen molar-refractivity contribution in [2.45, 2.75) is 29.9 Å². The molecule has 2 aliphatic rings. The number of fused-ring (bicyclic) bond motifs is 1. The van der Waals surface area contributed by atoms with Gasteiger partial charge >= 0.3 is 5.97 Å². The number of carbonyl (C=O) groups excluding carboxylic acids is 3. The van der Waals surface area contributed by atoms with Gasteiger partial charge in [-0.15, -0.1) is 23.1 Å². The summed E-state index contributed by atoms with van der Waals surface area (Å²) in [6, 6.07) is 4.17. The third-order valence-electron chi connectivity index (χ3n) is 5.39. The summed E-state index contributed by atoms with van der Waals surface area (Å²) >= 11 is 3.66. The van der Waals surface area contributed by atoms with Gasteiger partial charge in [-0.1, -0.05) is 16.9 Å². The number of amides is 2. The Morgan fingerprint density at radius 1 is 1.42 bits per heavy atom. The molecule has 1 fully saturated rings. The summed E-state index contributed by atoms with van der Waals surface area (Å²) in [6.45, 7) is 1.64. The van der Waals surface area contributed by atoms with E-state index in [-0.39, 0.29) is 46.9 Å². The molecule has 0 spiro atoms. The Morgan fingerprint density at radius 2 is 2.21 bits per heavy atom. The van der Waals surface area contributed by atoms with Crippen LogP contribution < -0.4 is 20.7 Å². The van der Waals surface area contributed by atoms with E-state index in [1.807, 2.05) is 0 Å². The van der Waals surface area contributed by atoms with E-state index >= 15 is 0 Å². The molecule has 2 aliphatic heterocycles. The Bertz CT molecular complexity index is 1340. The Kier molecular flexibility index (Phi) is 8.53. The van der Waals surface area contributed by atoms with E-state index in [0.717, 1.165) is 16.2 Å². The zero-order valence-corrected chi connectivity index (χ0v) is 22.3. The van der Waals surface area contributed by atoms with Crippen LogP contribution in [-0.2, 0) is 30.6 Å². The Hall–Kier alpha value is -3.63. The molecule has 4 heterocycles. The minimum atomic E-state index is -1.51. The number of thiazole rings is 1. The first kappa shape index (κ1) is 27.4. The van der Waals surface area contributed by atoms with Crippen LogP contribution in [0.2, 0.25) is 0 Å². The number of carbonyl (C=O) groups is 4. The zero-order valence-electron chi connectivity index (χ0n) is 19.9. The number of pyridine rings is 1. The zero-order chi connectivity index (χ0) is 27.4. The molecule has 0 aliphatic carbocycles. The maximum Gasteiger partial charge on any atom is 0.370 e. The lowest BCUT2D eigenvalue weighted by molar-refractivity contribution is -0.722. The van der Waals surface area contributed by atoms with Crippen LogP contribution in [0.4, 0.5) is 5.13 Å². The number of aromatic nitrogens is 2. The van der Waals surface area contributed by atoms with Crippen molar-refractivity contribution in [3.05, 3.63) is 46.7 Å². The van der Waals surface area contributed by atoms with Crippen LogP contribution in [0.1, 0.15) is 12.6 Å². The second kappa shape index (κ2) is 11.8. The van der Waals surface area contributed by atoms with Crippen molar-refractivity contribution in [3.8, 4) is 0 Å². The first-order valence-electron chi connectivity index (χ1n) is 11.1. The summed E-state index contributed by atoms with van der Waals surface area (Å²) in [4.78, 5) is 59.4. The number of nitrogens with zero attached hydrogens (tertiary/aromatic N) is 4. The molecule has 2 atom stereocenters. The highest BCUT2D eigenvalue weighted by Crippen LogP contribution is 2.41. The van der Waals surface area contributed by atoms with Crippen LogP contribution in [0.25, 0.3) is 0 Å². The molecule has 200 valence electrons. The van der Waals surface area contributed by atoms with E-state index in [2.05, 4.69) is 15.5 Å². The van der Waals surface area contributed by atoms with Crippen LogP contribution in [0, 0.1) is 0 Å². The minimum Gasteiger partial charge on any atom is -0.543 e. The van der Waals surface area contributed by atoms with Crippen LogP contribution in [0.5, 0.6) is 0 Å². The maximum absolute atomic E-state index is 13.0. The number of hydrogen-bond donors (Lipinski definition) is 3. The fourth-order valence-corrected chi connectivity index (χ4v) is 6.80. The molecule has 4 N–H and O–H groups in total. The average Bonchev–Trinajstić information content (AvgIpc) is 3.31. The summed E-state index contributed by atoms with van der Waals surface area (Å²) in [7, 11) is 0. The van der Waals surface area contributed by atoms with E-state index in [0.29, 0.717) is 10.6 Å². The summed E-state index contributed by atoms with van der Waals surface area (Å²) in [5.74, 6) is -3.37. The normalized spacial score (nSPS) is 19.0. The lowest BCUT2D eigenvalue weighted by Crippen LogP contribution is -2.71. The molecule has 16 heteroatoms. The van der Waals surface area contributed by atoms with Gasteiger partial charge in [-0.2, -0.15) is 4.57 Å². The second-order valence-corrected chi connectivity index (χ2v) is 10.9. The van der Waals surface area contributed by atoms with E-state index in [1.165, 1.54) is 33.5 Å². The van der Waals surface area contributed by atoms with E-state index < -0.39 is 35.2 Å². The summed E-state index contributed by atoms with van der Waals surface area (Å²) < 4.78 is 1.53. The number of β-lactam (4-membered cyclic amide) rings is 1. The Morgan fingerprint density at radius 3 is 2.87 bits per heavy atom. The summed E-state index contributed by atoms with van der Waals surface area (Å²) in [5.41, 5.74) is 5.91. The summed E-state index contributed by atoms with van der Waals surface area (Å²) in [6.07, 6.45) is 1.62. The number of carboxylic acids is 2. The van der Waals surface area contributed by atoms with Gasteiger partial charge in [0.15, 0.2) is 17.0 Å². The third kappa shape index (κ3) is 5.76. The van der Waals surface area contributed by atoms with Gasteiger partial charge in [0.1, 0.15) is 23.7 Å². The molecule has 13 nitrogen and oxygen atoms in total. The number of nitrogens with two attached hydrogens (primary N) is 1. The van der Waals surface area contributed by atoms with Gasteiger partial charge in [-0.25, -0.2) is 9.78 Å². The van der Waals surface area contributed by atoms with Gasteiger partial charge in [0.05, 0.1) is 11.7 Å². The van der Waals surface area contributed by atoms with Crippen molar-refractivity contribution in [2.24, 2.45) is 5.16 Å². The van der Waals surface area contributed by atoms with Gasteiger partial charge in [-0.05, 0) is 18.6 Å². The van der Waals surface area contributed by atoms with Gasteiger partial charge in [0.2, 0.25) is 11.6 Å². The Labute approximate surface area is 228 Å². The third-order valence-corrected chi connectivity index (χ3v) is 8.56. The first-order chi connectivity index (χ1) is 18.2. The molecule has 1 saturated heterocycles. The predicted molar refractivity (Wildman–Crippen MR) is 137 cm³/mol. The molecule has 0 aromatic carbocycles. The number of hydrogen-bond acceptors (Lipinski definition) is 12. The number of rotatable bonds is 11. The molecule has 0 radical (unpaired) electrons. The van der Waals surface area contributed by atoms with Crippen molar-refractivity contribution >= 4 is 69.5 Å². The second-order valence-electron chi connectivity index (χ2n) is 7.88. The van der Waals surface area contributed by atoms with Crippen LogP contribution >= 0.6 is 34.9 Å². The molecule has 0 unspecified atom stereocenters. The predicted octanol–water partition coefficient (Wildman–Crippen LogP) is -0.966. The lowest BCUT2D eigenvalue weighted by atomic mass is 10.0. The molecule has 2 amide bonds. The molecular formula is C22H22N6O7S3. The van der Waals surface area contributed by atoms with Gasteiger partial charge < -0.3 is 30.9 Å². The van der Waals surface area contributed by atoms with E-state index in [1.54, 1.807) is 31.3 Å². The largest absolute Gasteiger partial charge is 0.543 e. The smallest absolute Gasteiger partial charge is 0.370 e. The number of aliphatic carboxylic acids is 2. The van der Waals surface area contributed by atoms with Crippen molar-refractivity contribution < 1.29 is 38.8 Å². The first-order valence-corrected chi connectivity index (χ1v) is 14.1. The highest BCUT2D eigenvalue weighted by molar-refractivity contribution is 8.01. The maximum atomic E-state index is 13.0. The SMILES string of the molecule is CCO/N=C(\C(=O)N[C@@H]1C(=O)N2C(C(=O)[O-])=C(CSc3cccc[n+]3CC(=O)O)CS[C@H]12)c1csc(N)n1. The molecule has 2 aromatic rings. The molecule has 38 heavy (non-hydrogen) atoms. The van der Waals surface area contributed by atoms with Gasteiger partial charge in [0, 0.05) is 29.0 Å². The number of anilines is 1. The Balaban J connectivity index is 1.49. The monoisotopic (exact) mass is 578 g/mol. The average molecular weight is 579 g/mol. The molecular weight excluding hydrogens is 556 g/mol. The number of thioether (sulfide) groups is 2. The van der Waals surface area contributed by atoms with Crippen molar-refractivity contribution in [1.29, 1.82) is 0 Å². The number of nitrogen functional groups attached to an aromatic ring is 1. The van der Waals surface area contributed by atoms with Crippen molar-refractivity contribution in [2.75, 3.05) is 23.8 Å². The van der Waals surface area contributed by atoms with Crippen molar-refractivity contribution in [3.63, 3.8) is 0 Å². The number of carboxylic acid groups (broad SMARTS) is 2. The van der Waals surface area contributed by atoms with Gasteiger partial charge in [-0.3, -0.25) is 14.5 Å². The lowest BCUT2D eigenvalue weighted by Gasteiger charge is -2.50. The molecule has 0 bridgehead atoms. The fourth-order valence-electron chi connectivity index (χ4n) is 3.75. The van der Waals surface area contributed by atoms with Crippen LogP contribution in [0.3, 0.4) is 0 Å². The molecule has 2 aromatic heterocycles. The number of oxime groups is 1. The molecule has 4 rings (SSSR count). The summed E-state index contributed by atoms with van der Waals surface area (Å²) in [5, 5.41) is 29.3. The quantitative estimate of drug-likeness (QED) is 0.0978. The van der Waals surface area contributed by atoms with E-state index in [4.69, 9.17) is 15.7 Å². The fraction of sp³-hybridized carbons (Fsp3) is 0.318. The topological polar surface area (TPSA) is 191 Å². The van der Waals surface area contributed by atoms with Crippen LogP contribution in [0.15, 0.2) is 51.2 Å².